The fraction of sp³-hybridized carbons (Fsp3) is 0.438. The molecule has 7 nitrogen and oxygen atoms in total. The second kappa shape index (κ2) is 7.23. The molecule has 0 aliphatic rings. The van der Waals surface area contributed by atoms with E-state index in [4.69, 9.17) is 0 Å². The Morgan fingerprint density at radius 2 is 1.96 bits per heavy atom. The summed E-state index contributed by atoms with van der Waals surface area (Å²) in [6.07, 6.45) is 0.458. The topological polar surface area (TPSA) is 100 Å². The Morgan fingerprint density at radius 1 is 1.30 bits per heavy atom. The predicted molar refractivity (Wildman–Crippen MR) is 85.3 cm³/mol. The number of amides is 1. The third-order valence-electron chi connectivity index (χ3n) is 3.61. The van der Waals surface area contributed by atoms with Crippen molar-refractivity contribution in [2.45, 2.75) is 39.3 Å². The van der Waals surface area contributed by atoms with E-state index in [1.165, 1.54) is 0 Å². The monoisotopic (exact) mass is 318 g/mol. The van der Waals surface area contributed by atoms with Gasteiger partial charge in [0.2, 0.25) is 0 Å². The number of nitrogens with one attached hydrogen (secondary N) is 1. The molecule has 1 aromatic carbocycles. The van der Waals surface area contributed by atoms with Gasteiger partial charge < -0.3 is 15.5 Å². The van der Waals surface area contributed by atoms with Gasteiger partial charge in [-0.05, 0) is 44.9 Å². The first-order valence-corrected chi connectivity index (χ1v) is 7.53. The van der Waals surface area contributed by atoms with Crippen LogP contribution in [0.25, 0.3) is 0 Å². The maximum Gasteiger partial charge on any atom is 0.274 e. The van der Waals surface area contributed by atoms with Crippen LogP contribution in [0.1, 0.15) is 41.6 Å². The molecule has 0 unspecified atom stereocenters. The summed E-state index contributed by atoms with van der Waals surface area (Å²) in [5, 5.41) is 29.5. The van der Waals surface area contributed by atoms with E-state index >= 15 is 0 Å². The highest BCUT2D eigenvalue weighted by Gasteiger charge is 2.20. The van der Waals surface area contributed by atoms with E-state index in [1.54, 1.807) is 35.9 Å². The zero-order valence-electron chi connectivity index (χ0n) is 13.5. The van der Waals surface area contributed by atoms with E-state index in [9.17, 15) is 15.0 Å². The lowest BCUT2D eigenvalue weighted by atomic mass is 10.1. The Bertz CT molecular complexity index is 664. The van der Waals surface area contributed by atoms with Crippen LogP contribution in [-0.2, 0) is 6.42 Å². The van der Waals surface area contributed by atoms with E-state index in [0.717, 1.165) is 5.56 Å². The Balaban J connectivity index is 2.06. The molecule has 1 aromatic heterocycles. The predicted octanol–water partition coefficient (Wildman–Crippen LogP) is 1.21. The SMILES string of the molecule is Cc1c(C(=O)N[C@H](CO)Cc2ccc(O)cc2)nnn1C(C)C. The van der Waals surface area contributed by atoms with Gasteiger partial charge in [0, 0.05) is 6.04 Å². The number of aliphatic hydroxyl groups is 1. The standard InChI is InChI=1S/C16H22N4O3/c1-10(2)20-11(3)15(18-19-20)16(23)17-13(9-21)8-12-4-6-14(22)7-5-12/h4-7,10,13,21-22H,8-9H2,1-3H3,(H,17,23)/t13-/m0/s1. The molecule has 0 fully saturated rings. The molecule has 0 radical (unpaired) electrons. The quantitative estimate of drug-likeness (QED) is 0.743. The number of phenols is 1. The number of carbonyl (C=O) groups excluding carboxylic acids is 1. The number of aliphatic hydroxyl groups excluding tert-OH is 1. The van der Waals surface area contributed by atoms with Crippen LogP contribution in [-0.4, -0.2) is 43.8 Å². The summed E-state index contributed by atoms with van der Waals surface area (Å²) in [5.74, 6) is -0.175. The summed E-state index contributed by atoms with van der Waals surface area (Å²) >= 11 is 0. The van der Waals surface area contributed by atoms with Crippen LogP contribution in [0, 0.1) is 6.92 Å². The number of aromatic hydroxyl groups is 1. The van der Waals surface area contributed by atoms with Crippen LogP contribution in [0.4, 0.5) is 0 Å². The van der Waals surface area contributed by atoms with Gasteiger partial charge in [-0.3, -0.25) is 4.79 Å². The first kappa shape index (κ1) is 17.0. The van der Waals surface area contributed by atoms with Crippen molar-refractivity contribution in [3.63, 3.8) is 0 Å². The highest BCUT2D eigenvalue weighted by atomic mass is 16.3. The van der Waals surface area contributed by atoms with Crippen molar-refractivity contribution in [3.05, 3.63) is 41.2 Å². The van der Waals surface area contributed by atoms with Gasteiger partial charge in [0.1, 0.15) is 5.75 Å². The minimum Gasteiger partial charge on any atom is -0.508 e. The zero-order valence-corrected chi connectivity index (χ0v) is 13.5. The lowest BCUT2D eigenvalue weighted by Gasteiger charge is -2.16. The summed E-state index contributed by atoms with van der Waals surface area (Å²) < 4.78 is 1.68. The first-order valence-electron chi connectivity index (χ1n) is 7.53. The van der Waals surface area contributed by atoms with Gasteiger partial charge in [-0.15, -0.1) is 5.10 Å². The zero-order chi connectivity index (χ0) is 17.0. The van der Waals surface area contributed by atoms with Crippen molar-refractivity contribution in [1.82, 2.24) is 20.3 Å². The molecular formula is C16H22N4O3. The van der Waals surface area contributed by atoms with Crippen LogP contribution in [0.2, 0.25) is 0 Å². The van der Waals surface area contributed by atoms with Crippen molar-refractivity contribution in [3.8, 4) is 5.75 Å². The molecule has 0 spiro atoms. The normalized spacial score (nSPS) is 12.4. The number of aromatic nitrogens is 3. The molecule has 0 aliphatic carbocycles. The molecule has 1 atom stereocenters. The minimum atomic E-state index is -0.435. The van der Waals surface area contributed by atoms with Crippen molar-refractivity contribution in [2.75, 3.05) is 6.61 Å². The molecule has 0 saturated carbocycles. The van der Waals surface area contributed by atoms with E-state index in [0.29, 0.717) is 12.1 Å². The number of hydrogen-bond acceptors (Lipinski definition) is 5. The molecule has 7 heteroatoms. The molecule has 1 amide bonds. The minimum absolute atomic E-state index is 0.120. The number of hydrogen-bond donors (Lipinski definition) is 3. The molecule has 1 heterocycles. The van der Waals surface area contributed by atoms with E-state index in [2.05, 4.69) is 15.6 Å². The molecule has 0 bridgehead atoms. The van der Waals surface area contributed by atoms with E-state index in [1.807, 2.05) is 13.8 Å². The highest BCUT2D eigenvalue weighted by Crippen LogP contribution is 2.13. The van der Waals surface area contributed by atoms with Gasteiger partial charge in [-0.1, -0.05) is 17.3 Å². The fourth-order valence-corrected chi connectivity index (χ4v) is 2.37. The Hall–Kier alpha value is -2.41. The molecule has 23 heavy (non-hydrogen) atoms. The van der Waals surface area contributed by atoms with Gasteiger partial charge >= 0.3 is 0 Å². The van der Waals surface area contributed by atoms with Crippen molar-refractivity contribution in [1.29, 1.82) is 0 Å². The van der Waals surface area contributed by atoms with Gasteiger partial charge in [0.15, 0.2) is 5.69 Å². The number of phenolic OH excluding ortho intramolecular Hbond substituents is 1. The van der Waals surface area contributed by atoms with Crippen molar-refractivity contribution in [2.24, 2.45) is 0 Å². The Morgan fingerprint density at radius 3 is 2.48 bits per heavy atom. The second-order valence-corrected chi connectivity index (χ2v) is 5.79. The second-order valence-electron chi connectivity index (χ2n) is 5.79. The van der Waals surface area contributed by atoms with Crippen LogP contribution < -0.4 is 5.32 Å². The summed E-state index contributed by atoms with van der Waals surface area (Å²) in [6.45, 7) is 5.53. The molecular weight excluding hydrogens is 296 g/mol. The van der Waals surface area contributed by atoms with Crippen LogP contribution in [0.5, 0.6) is 5.75 Å². The number of rotatable bonds is 6. The Labute approximate surface area is 135 Å². The number of nitrogens with zero attached hydrogens (tertiary/aromatic N) is 3. The van der Waals surface area contributed by atoms with Gasteiger partial charge in [0.05, 0.1) is 18.3 Å². The smallest absolute Gasteiger partial charge is 0.274 e. The largest absolute Gasteiger partial charge is 0.508 e. The first-order chi connectivity index (χ1) is 10.9. The van der Waals surface area contributed by atoms with E-state index < -0.39 is 6.04 Å². The van der Waals surface area contributed by atoms with Gasteiger partial charge in [-0.2, -0.15) is 0 Å². The third-order valence-corrected chi connectivity index (χ3v) is 3.61. The molecule has 2 aromatic rings. The summed E-state index contributed by atoms with van der Waals surface area (Å²) in [5.41, 5.74) is 1.87. The van der Waals surface area contributed by atoms with Crippen LogP contribution in [0.3, 0.4) is 0 Å². The molecule has 0 saturated heterocycles. The van der Waals surface area contributed by atoms with Gasteiger partial charge in [-0.25, -0.2) is 4.68 Å². The summed E-state index contributed by atoms with van der Waals surface area (Å²) in [7, 11) is 0. The average Bonchev–Trinajstić information content (AvgIpc) is 2.90. The summed E-state index contributed by atoms with van der Waals surface area (Å²) in [6, 6.07) is 6.34. The maximum atomic E-state index is 12.3. The van der Waals surface area contributed by atoms with Crippen LogP contribution >= 0.6 is 0 Å². The highest BCUT2D eigenvalue weighted by molar-refractivity contribution is 5.93. The summed E-state index contributed by atoms with van der Waals surface area (Å²) in [4.78, 5) is 12.3. The maximum absolute atomic E-state index is 12.3. The third kappa shape index (κ3) is 4.07. The fourth-order valence-electron chi connectivity index (χ4n) is 2.37. The number of carbonyl (C=O) groups is 1. The van der Waals surface area contributed by atoms with Crippen molar-refractivity contribution >= 4 is 5.91 Å². The van der Waals surface area contributed by atoms with Crippen molar-refractivity contribution < 1.29 is 15.0 Å². The lowest BCUT2D eigenvalue weighted by Crippen LogP contribution is -2.39. The molecule has 124 valence electrons. The molecule has 2 rings (SSSR count). The van der Waals surface area contributed by atoms with Crippen LogP contribution in [0.15, 0.2) is 24.3 Å². The lowest BCUT2D eigenvalue weighted by molar-refractivity contribution is 0.0910. The molecule has 0 aliphatic heterocycles. The van der Waals surface area contributed by atoms with E-state index in [-0.39, 0.29) is 30.0 Å². The molecule has 3 N–H and O–H groups in total. The van der Waals surface area contributed by atoms with Gasteiger partial charge in [0.25, 0.3) is 5.91 Å². The number of benzene rings is 1. The Kier molecular flexibility index (Phi) is 5.33. The average molecular weight is 318 g/mol.